The van der Waals surface area contributed by atoms with Crippen LogP contribution in [0.2, 0.25) is 0 Å². The Morgan fingerprint density at radius 2 is 2.00 bits per heavy atom. The van der Waals surface area contributed by atoms with Crippen molar-refractivity contribution in [2.45, 2.75) is 19.8 Å². The molecule has 1 fully saturated rings. The highest BCUT2D eigenvalue weighted by Gasteiger charge is 2.20. The van der Waals surface area contributed by atoms with E-state index in [0.29, 0.717) is 0 Å². The molecular weight excluding hydrogens is 236 g/mol. The standard InChI is InChI=1S/C16H24N2O/c1-13-10-15(12-19)4-5-16(13)18-8-6-14(7-9-18)11-17(2)3/h4-5,10,12,14H,6-9,11H2,1-3H3. The third-order valence-corrected chi connectivity index (χ3v) is 3.94. The Morgan fingerprint density at radius 1 is 1.32 bits per heavy atom. The SMILES string of the molecule is Cc1cc(C=O)ccc1N1CCC(CN(C)C)CC1. The van der Waals surface area contributed by atoms with Crippen LogP contribution >= 0.6 is 0 Å². The minimum absolute atomic E-state index is 0.767. The number of anilines is 1. The number of piperidine rings is 1. The molecule has 1 aliphatic heterocycles. The number of rotatable bonds is 4. The van der Waals surface area contributed by atoms with Crippen molar-refractivity contribution < 1.29 is 4.79 Å². The first-order chi connectivity index (χ1) is 9.10. The number of nitrogens with zero attached hydrogens (tertiary/aromatic N) is 2. The molecule has 0 radical (unpaired) electrons. The fraction of sp³-hybridized carbons (Fsp3) is 0.562. The van der Waals surface area contributed by atoms with Crippen molar-refractivity contribution >= 4 is 12.0 Å². The van der Waals surface area contributed by atoms with Gasteiger partial charge in [-0.25, -0.2) is 0 Å². The molecule has 1 heterocycles. The Labute approximate surface area is 116 Å². The molecule has 0 spiro atoms. The van der Waals surface area contributed by atoms with E-state index in [1.165, 1.54) is 30.6 Å². The van der Waals surface area contributed by atoms with Crippen molar-refractivity contribution in [3.63, 3.8) is 0 Å². The molecule has 0 N–H and O–H groups in total. The monoisotopic (exact) mass is 260 g/mol. The first kappa shape index (κ1) is 14.1. The van der Waals surface area contributed by atoms with Gasteiger partial charge in [0.25, 0.3) is 0 Å². The average molecular weight is 260 g/mol. The minimum Gasteiger partial charge on any atom is -0.371 e. The van der Waals surface area contributed by atoms with E-state index in [4.69, 9.17) is 0 Å². The van der Waals surface area contributed by atoms with Crippen LogP contribution in [0.4, 0.5) is 5.69 Å². The van der Waals surface area contributed by atoms with Gasteiger partial charge >= 0.3 is 0 Å². The predicted molar refractivity (Wildman–Crippen MR) is 80.1 cm³/mol. The molecule has 1 aliphatic rings. The Kier molecular flexibility index (Phi) is 4.59. The smallest absolute Gasteiger partial charge is 0.150 e. The Hall–Kier alpha value is -1.35. The van der Waals surface area contributed by atoms with Gasteiger partial charge in [0.05, 0.1) is 0 Å². The molecule has 1 saturated heterocycles. The quantitative estimate of drug-likeness (QED) is 0.777. The van der Waals surface area contributed by atoms with E-state index in [-0.39, 0.29) is 0 Å². The molecule has 3 nitrogen and oxygen atoms in total. The van der Waals surface area contributed by atoms with Crippen molar-refractivity contribution in [1.29, 1.82) is 0 Å². The summed E-state index contributed by atoms with van der Waals surface area (Å²) >= 11 is 0. The number of aldehydes is 1. The Morgan fingerprint density at radius 3 is 2.53 bits per heavy atom. The van der Waals surface area contributed by atoms with Gasteiger partial charge in [0.15, 0.2) is 0 Å². The molecule has 0 unspecified atom stereocenters. The summed E-state index contributed by atoms with van der Waals surface area (Å²) in [5.41, 5.74) is 3.26. The summed E-state index contributed by atoms with van der Waals surface area (Å²) in [6.07, 6.45) is 3.43. The van der Waals surface area contributed by atoms with Crippen LogP contribution in [-0.2, 0) is 0 Å². The summed E-state index contributed by atoms with van der Waals surface area (Å²) < 4.78 is 0. The van der Waals surface area contributed by atoms with Crippen LogP contribution in [0.25, 0.3) is 0 Å². The van der Waals surface area contributed by atoms with Crippen LogP contribution in [0, 0.1) is 12.8 Å². The fourth-order valence-electron chi connectivity index (χ4n) is 2.98. The lowest BCUT2D eigenvalue weighted by Crippen LogP contribution is -2.37. The number of hydrogen-bond donors (Lipinski definition) is 0. The molecule has 0 aliphatic carbocycles. The second-order valence-electron chi connectivity index (χ2n) is 5.86. The maximum Gasteiger partial charge on any atom is 0.150 e. The lowest BCUT2D eigenvalue weighted by Gasteiger charge is -2.35. The summed E-state index contributed by atoms with van der Waals surface area (Å²) in [6, 6.07) is 5.99. The maximum absolute atomic E-state index is 10.8. The molecule has 3 heteroatoms. The third kappa shape index (κ3) is 3.57. The van der Waals surface area contributed by atoms with Gasteiger partial charge in [-0.15, -0.1) is 0 Å². The molecule has 0 amide bonds. The van der Waals surface area contributed by atoms with Crippen LogP contribution in [0.1, 0.15) is 28.8 Å². The first-order valence-corrected chi connectivity index (χ1v) is 7.05. The van der Waals surface area contributed by atoms with Crippen LogP contribution in [0.3, 0.4) is 0 Å². The molecule has 104 valence electrons. The van der Waals surface area contributed by atoms with Crippen LogP contribution in [0.5, 0.6) is 0 Å². The van der Waals surface area contributed by atoms with Crippen molar-refractivity contribution in [3.05, 3.63) is 29.3 Å². The van der Waals surface area contributed by atoms with Gasteiger partial charge in [-0.2, -0.15) is 0 Å². The summed E-state index contributed by atoms with van der Waals surface area (Å²) in [4.78, 5) is 15.5. The highest BCUT2D eigenvalue weighted by molar-refractivity contribution is 5.77. The van der Waals surface area contributed by atoms with Crippen LogP contribution in [-0.4, -0.2) is 44.9 Å². The lowest BCUT2D eigenvalue weighted by atomic mass is 9.95. The van der Waals surface area contributed by atoms with Crippen molar-refractivity contribution in [2.75, 3.05) is 38.6 Å². The van der Waals surface area contributed by atoms with E-state index < -0.39 is 0 Å². The normalized spacial score (nSPS) is 16.9. The van der Waals surface area contributed by atoms with Crippen LogP contribution < -0.4 is 4.90 Å². The van der Waals surface area contributed by atoms with E-state index in [2.05, 4.69) is 36.9 Å². The van der Waals surface area contributed by atoms with Crippen molar-refractivity contribution in [1.82, 2.24) is 4.90 Å². The van der Waals surface area contributed by atoms with Gasteiger partial charge in [-0.1, -0.05) is 0 Å². The van der Waals surface area contributed by atoms with E-state index in [1.807, 2.05) is 12.1 Å². The van der Waals surface area contributed by atoms with Gasteiger partial charge in [0.1, 0.15) is 6.29 Å². The molecule has 0 saturated carbocycles. The second kappa shape index (κ2) is 6.20. The molecule has 0 atom stereocenters. The number of benzene rings is 1. The molecule has 0 aromatic heterocycles. The summed E-state index contributed by atoms with van der Waals surface area (Å²) in [5.74, 6) is 0.820. The largest absolute Gasteiger partial charge is 0.371 e. The number of carbonyl (C=O) groups excluding carboxylic acids is 1. The molecule has 2 rings (SSSR count). The topological polar surface area (TPSA) is 23.6 Å². The molecule has 0 bridgehead atoms. The summed E-state index contributed by atoms with van der Waals surface area (Å²) in [5, 5.41) is 0. The maximum atomic E-state index is 10.8. The van der Waals surface area contributed by atoms with Gasteiger partial charge < -0.3 is 9.80 Å². The van der Waals surface area contributed by atoms with Crippen LogP contribution in [0.15, 0.2) is 18.2 Å². The number of carbonyl (C=O) groups is 1. The fourth-order valence-corrected chi connectivity index (χ4v) is 2.98. The number of hydrogen-bond acceptors (Lipinski definition) is 3. The second-order valence-corrected chi connectivity index (χ2v) is 5.86. The molecule has 19 heavy (non-hydrogen) atoms. The highest BCUT2D eigenvalue weighted by Crippen LogP contribution is 2.26. The summed E-state index contributed by atoms with van der Waals surface area (Å²) in [6.45, 7) is 5.53. The first-order valence-electron chi connectivity index (χ1n) is 7.05. The zero-order chi connectivity index (χ0) is 13.8. The zero-order valence-electron chi connectivity index (χ0n) is 12.2. The predicted octanol–water partition coefficient (Wildman–Crippen LogP) is 2.59. The van der Waals surface area contributed by atoms with E-state index in [9.17, 15) is 4.79 Å². The Bertz CT molecular complexity index is 434. The van der Waals surface area contributed by atoms with Crippen molar-refractivity contribution in [3.8, 4) is 0 Å². The molecule has 1 aromatic carbocycles. The van der Waals surface area contributed by atoms with E-state index in [0.717, 1.165) is 30.9 Å². The van der Waals surface area contributed by atoms with E-state index in [1.54, 1.807) is 0 Å². The van der Waals surface area contributed by atoms with Gasteiger partial charge in [0, 0.05) is 30.9 Å². The Balaban J connectivity index is 1.99. The van der Waals surface area contributed by atoms with Gasteiger partial charge in [0.2, 0.25) is 0 Å². The van der Waals surface area contributed by atoms with Gasteiger partial charge in [-0.05, 0) is 63.5 Å². The molecular formula is C16H24N2O. The van der Waals surface area contributed by atoms with Gasteiger partial charge in [-0.3, -0.25) is 4.79 Å². The minimum atomic E-state index is 0.767. The summed E-state index contributed by atoms with van der Waals surface area (Å²) in [7, 11) is 4.29. The number of aryl methyl sites for hydroxylation is 1. The average Bonchev–Trinajstić information content (AvgIpc) is 2.39. The zero-order valence-corrected chi connectivity index (χ0v) is 12.2. The molecule has 1 aromatic rings. The van der Waals surface area contributed by atoms with Crippen molar-refractivity contribution in [2.24, 2.45) is 5.92 Å². The highest BCUT2D eigenvalue weighted by atomic mass is 16.1. The lowest BCUT2D eigenvalue weighted by molar-refractivity contribution is 0.112. The third-order valence-electron chi connectivity index (χ3n) is 3.94. The van der Waals surface area contributed by atoms with E-state index >= 15 is 0 Å².